The molecule has 0 saturated carbocycles. The van der Waals surface area contributed by atoms with E-state index in [2.05, 4.69) is 44.5 Å². The van der Waals surface area contributed by atoms with E-state index in [1.807, 2.05) is 30.3 Å². The highest BCUT2D eigenvalue weighted by atomic mass is 79.9. The van der Waals surface area contributed by atoms with Crippen LogP contribution >= 0.6 is 39.1 Å². The maximum atomic E-state index is 6.25. The molecule has 0 fully saturated rings. The summed E-state index contributed by atoms with van der Waals surface area (Å²) < 4.78 is 3.21. The van der Waals surface area contributed by atoms with Crippen molar-refractivity contribution >= 4 is 50.2 Å². The van der Waals surface area contributed by atoms with Crippen molar-refractivity contribution in [3.05, 3.63) is 63.3 Å². The highest BCUT2D eigenvalue weighted by Gasteiger charge is 2.18. The van der Waals surface area contributed by atoms with Crippen molar-refractivity contribution in [2.75, 3.05) is 0 Å². The van der Waals surface area contributed by atoms with Gasteiger partial charge in [-0.3, -0.25) is 0 Å². The van der Waals surface area contributed by atoms with Crippen LogP contribution in [0.3, 0.4) is 0 Å². The number of imidazole rings is 1. The molecule has 0 N–H and O–H groups in total. The van der Waals surface area contributed by atoms with Gasteiger partial charge in [-0.2, -0.15) is 0 Å². The van der Waals surface area contributed by atoms with Crippen molar-refractivity contribution in [2.45, 2.75) is 18.8 Å². The SMILES string of the molecule is CC(c1ccc(Br)cc1)n1c(CCl)nc2c(Cl)cccc21. The quantitative estimate of drug-likeness (QED) is 0.522. The molecule has 108 valence electrons. The van der Waals surface area contributed by atoms with Crippen LogP contribution < -0.4 is 0 Å². The summed E-state index contributed by atoms with van der Waals surface area (Å²) in [5.41, 5.74) is 3.01. The fourth-order valence-corrected chi connectivity index (χ4v) is 3.21. The van der Waals surface area contributed by atoms with Gasteiger partial charge in [0.1, 0.15) is 11.3 Å². The molecule has 0 saturated heterocycles. The van der Waals surface area contributed by atoms with Crippen LogP contribution in [0.5, 0.6) is 0 Å². The van der Waals surface area contributed by atoms with Gasteiger partial charge in [0.05, 0.1) is 22.5 Å². The summed E-state index contributed by atoms with van der Waals surface area (Å²) in [7, 11) is 0. The summed E-state index contributed by atoms with van der Waals surface area (Å²) in [6, 6.07) is 14.2. The zero-order valence-electron chi connectivity index (χ0n) is 11.4. The molecule has 3 aromatic rings. The zero-order chi connectivity index (χ0) is 15.0. The van der Waals surface area contributed by atoms with Crippen LogP contribution in [-0.4, -0.2) is 9.55 Å². The average Bonchev–Trinajstić information content (AvgIpc) is 2.87. The van der Waals surface area contributed by atoms with Crippen molar-refractivity contribution < 1.29 is 0 Å². The van der Waals surface area contributed by atoms with Gasteiger partial charge in [-0.25, -0.2) is 4.98 Å². The monoisotopic (exact) mass is 382 g/mol. The van der Waals surface area contributed by atoms with Crippen molar-refractivity contribution in [2.24, 2.45) is 0 Å². The fraction of sp³-hybridized carbons (Fsp3) is 0.188. The van der Waals surface area contributed by atoms with Gasteiger partial charge in [0, 0.05) is 4.47 Å². The predicted octanol–water partition coefficient (Wildman–Crippen LogP) is 5.80. The highest BCUT2D eigenvalue weighted by Crippen LogP contribution is 2.30. The first-order valence-corrected chi connectivity index (χ1v) is 8.29. The summed E-state index contributed by atoms with van der Waals surface area (Å²) in [6.45, 7) is 2.14. The minimum atomic E-state index is 0.135. The first-order chi connectivity index (χ1) is 10.1. The van der Waals surface area contributed by atoms with Crippen molar-refractivity contribution in [1.29, 1.82) is 0 Å². The molecule has 1 atom stereocenters. The predicted molar refractivity (Wildman–Crippen MR) is 92.3 cm³/mol. The van der Waals surface area contributed by atoms with Crippen molar-refractivity contribution in [1.82, 2.24) is 9.55 Å². The first kappa shape index (κ1) is 14.9. The van der Waals surface area contributed by atoms with E-state index in [0.717, 1.165) is 21.3 Å². The molecule has 0 radical (unpaired) electrons. The van der Waals surface area contributed by atoms with Gasteiger partial charge in [-0.1, -0.05) is 45.7 Å². The van der Waals surface area contributed by atoms with Gasteiger partial charge >= 0.3 is 0 Å². The Morgan fingerprint density at radius 2 is 1.90 bits per heavy atom. The Balaban J connectivity index is 2.18. The van der Waals surface area contributed by atoms with Gasteiger partial charge in [-0.15, -0.1) is 11.6 Å². The number of rotatable bonds is 3. The molecular weight excluding hydrogens is 371 g/mol. The summed E-state index contributed by atoms with van der Waals surface area (Å²) in [6.07, 6.45) is 0. The van der Waals surface area contributed by atoms with Crippen LogP contribution in [-0.2, 0) is 5.88 Å². The molecule has 0 amide bonds. The van der Waals surface area contributed by atoms with Crippen LogP contribution in [0.15, 0.2) is 46.9 Å². The van der Waals surface area contributed by atoms with E-state index >= 15 is 0 Å². The Bertz CT molecular complexity index is 781. The Morgan fingerprint density at radius 3 is 2.57 bits per heavy atom. The fourth-order valence-electron chi connectivity index (χ4n) is 2.55. The molecule has 21 heavy (non-hydrogen) atoms. The molecule has 0 spiro atoms. The standard InChI is InChI=1S/C16H13BrCl2N2/c1-10(11-5-7-12(17)8-6-11)21-14-4-2-3-13(19)16(14)20-15(21)9-18/h2-8,10H,9H2,1H3. The third-order valence-corrected chi connectivity index (χ3v) is 4.68. The second kappa shape index (κ2) is 5.99. The number of halogens is 3. The number of benzene rings is 2. The van der Waals surface area contributed by atoms with Gasteiger partial charge in [0.2, 0.25) is 0 Å². The normalized spacial score (nSPS) is 12.8. The summed E-state index contributed by atoms with van der Waals surface area (Å²) in [5, 5.41) is 0.653. The number of fused-ring (bicyclic) bond motifs is 1. The molecule has 2 aromatic carbocycles. The lowest BCUT2D eigenvalue weighted by Gasteiger charge is -2.17. The molecule has 1 heterocycles. The van der Waals surface area contributed by atoms with E-state index in [1.165, 1.54) is 5.56 Å². The van der Waals surface area contributed by atoms with Gasteiger partial charge in [0.15, 0.2) is 0 Å². The van der Waals surface area contributed by atoms with E-state index in [1.54, 1.807) is 0 Å². The van der Waals surface area contributed by atoms with Gasteiger partial charge in [0.25, 0.3) is 0 Å². The molecule has 3 rings (SSSR count). The maximum absolute atomic E-state index is 6.25. The third-order valence-electron chi connectivity index (χ3n) is 3.60. The molecule has 1 unspecified atom stereocenters. The molecule has 0 bridgehead atoms. The number of aromatic nitrogens is 2. The summed E-state index contributed by atoms with van der Waals surface area (Å²) in [4.78, 5) is 4.58. The number of nitrogens with zero attached hydrogens (tertiary/aromatic N) is 2. The number of hydrogen-bond donors (Lipinski definition) is 0. The van der Waals surface area contributed by atoms with E-state index in [9.17, 15) is 0 Å². The van der Waals surface area contributed by atoms with Gasteiger partial charge in [-0.05, 0) is 36.8 Å². The smallest absolute Gasteiger partial charge is 0.125 e. The second-order valence-corrected chi connectivity index (χ2v) is 6.46. The Morgan fingerprint density at radius 1 is 1.19 bits per heavy atom. The number of para-hydroxylation sites is 1. The van der Waals surface area contributed by atoms with Crippen LogP contribution in [0.25, 0.3) is 11.0 Å². The van der Waals surface area contributed by atoms with Crippen LogP contribution in [0.1, 0.15) is 24.4 Å². The minimum absolute atomic E-state index is 0.135. The highest BCUT2D eigenvalue weighted by molar-refractivity contribution is 9.10. The summed E-state index contributed by atoms with van der Waals surface area (Å²) >= 11 is 15.8. The molecule has 2 nitrogen and oxygen atoms in total. The van der Waals surface area contributed by atoms with Gasteiger partial charge < -0.3 is 4.57 Å². The zero-order valence-corrected chi connectivity index (χ0v) is 14.5. The lowest BCUT2D eigenvalue weighted by atomic mass is 10.1. The lowest BCUT2D eigenvalue weighted by molar-refractivity contribution is 0.634. The van der Waals surface area contributed by atoms with Crippen LogP contribution in [0, 0.1) is 0 Å². The Kier molecular flexibility index (Phi) is 4.25. The molecule has 5 heteroatoms. The van der Waals surface area contributed by atoms with E-state index in [4.69, 9.17) is 23.2 Å². The number of hydrogen-bond acceptors (Lipinski definition) is 1. The van der Waals surface area contributed by atoms with Crippen LogP contribution in [0.4, 0.5) is 0 Å². The third kappa shape index (κ3) is 2.70. The van der Waals surface area contributed by atoms with E-state index < -0.39 is 0 Å². The molecule has 0 aliphatic rings. The van der Waals surface area contributed by atoms with Crippen LogP contribution in [0.2, 0.25) is 5.02 Å². The average molecular weight is 384 g/mol. The molecule has 1 aromatic heterocycles. The molecular formula is C16H13BrCl2N2. The maximum Gasteiger partial charge on any atom is 0.125 e. The Labute approximate surface area is 141 Å². The Hall–Kier alpha value is -1.03. The first-order valence-electron chi connectivity index (χ1n) is 6.58. The second-order valence-electron chi connectivity index (χ2n) is 4.87. The topological polar surface area (TPSA) is 17.8 Å². The molecule has 0 aliphatic heterocycles. The minimum Gasteiger partial charge on any atom is -0.320 e. The van der Waals surface area contributed by atoms with Crippen molar-refractivity contribution in [3.63, 3.8) is 0 Å². The largest absolute Gasteiger partial charge is 0.320 e. The van der Waals surface area contributed by atoms with E-state index in [0.29, 0.717) is 10.9 Å². The number of alkyl halides is 1. The van der Waals surface area contributed by atoms with Crippen molar-refractivity contribution in [3.8, 4) is 0 Å². The summed E-state index contributed by atoms with van der Waals surface area (Å²) in [5.74, 6) is 1.18. The molecule has 0 aliphatic carbocycles. The lowest BCUT2D eigenvalue weighted by Crippen LogP contribution is -2.09. The van der Waals surface area contributed by atoms with E-state index in [-0.39, 0.29) is 6.04 Å².